The molecule has 0 saturated heterocycles. The molecule has 2 aromatic carbocycles. The lowest BCUT2D eigenvalue weighted by molar-refractivity contribution is 0.298. The van der Waals surface area contributed by atoms with E-state index < -0.39 is 0 Å². The maximum Gasteiger partial charge on any atom is 0.282 e. The average Bonchev–Trinajstić information content (AvgIpc) is 2.84. The van der Waals surface area contributed by atoms with Crippen LogP contribution in [-0.4, -0.2) is 29.1 Å². The van der Waals surface area contributed by atoms with E-state index in [0.717, 1.165) is 35.7 Å². The summed E-state index contributed by atoms with van der Waals surface area (Å²) in [6.07, 6.45) is 12.5. The quantitative estimate of drug-likeness (QED) is 0.242. The summed E-state index contributed by atoms with van der Waals surface area (Å²) >= 11 is 6.99. The Kier molecular flexibility index (Phi) is 8.07. The van der Waals surface area contributed by atoms with Crippen molar-refractivity contribution in [3.8, 4) is 23.8 Å². The fraction of sp³-hybridized carbons (Fsp3) is 0.346. The molecule has 8 heteroatoms. The molecule has 34 heavy (non-hydrogen) atoms. The van der Waals surface area contributed by atoms with Crippen molar-refractivity contribution in [2.24, 2.45) is 5.10 Å². The van der Waals surface area contributed by atoms with Crippen LogP contribution >= 0.6 is 31.9 Å². The first kappa shape index (κ1) is 24.5. The summed E-state index contributed by atoms with van der Waals surface area (Å²) in [5.74, 6) is 4.47. The number of hydrogen-bond acceptors (Lipinski definition) is 5. The lowest BCUT2D eigenvalue weighted by Crippen LogP contribution is -2.25. The van der Waals surface area contributed by atoms with E-state index in [1.165, 1.54) is 11.1 Å². The molecule has 1 aliphatic carbocycles. The number of fused-ring (bicyclic) bond motifs is 1. The molecule has 1 aromatic heterocycles. The van der Waals surface area contributed by atoms with Gasteiger partial charge in [-0.25, -0.2) is 4.98 Å². The van der Waals surface area contributed by atoms with Crippen LogP contribution in [0.15, 0.2) is 49.2 Å². The van der Waals surface area contributed by atoms with Crippen molar-refractivity contribution in [1.82, 2.24) is 9.66 Å². The molecule has 0 radical (unpaired) electrons. The minimum Gasteiger partial charge on any atom is -0.490 e. The van der Waals surface area contributed by atoms with Crippen LogP contribution in [0.1, 0.15) is 56.3 Å². The highest BCUT2D eigenvalue weighted by Crippen LogP contribution is 2.37. The van der Waals surface area contributed by atoms with E-state index in [1.807, 2.05) is 31.2 Å². The number of aromatic nitrogens is 2. The zero-order valence-electron chi connectivity index (χ0n) is 18.9. The predicted molar refractivity (Wildman–Crippen MR) is 142 cm³/mol. The van der Waals surface area contributed by atoms with E-state index in [9.17, 15) is 4.79 Å². The smallest absolute Gasteiger partial charge is 0.282 e. The SMILES string of the molecule is C#CCOc1c(Br)cc(C=Nn2c(C3CCCCC3)nc3ccc(Br)cc3c2=O)cc1OCC. The number of terminal acetylenes is 1. The Morgan fingerprint density at radius 3 is 2.74 bits per heavy atom. The van der Waals surface area contributed by atoms with Gasteiger partial charge in [-0.05, 0) is 71.6 Å². The molecular weight excluding hydrogens is 562 g/mol. The Bertz CT molecular complexity index is 1320. The largest absolute Gasteiger partial charge is 0.490 e. The predicted octanol–water partition coefficient (Wildman–Crippen LogP) is 6.26. The number of ether oxygens (including phenoxy) is 2. The van der Waals surface area contributed by atoms with Gasteiger partial charge in [-0.3, -0.25) is 4.79 Å². The minimum absolute atomic E-state index is 0.130. The summed E-state index contributed by atoms with van der Waals surface area (Å²) in [6.45, 7) is 2.49. The highest BCUT2D eigenvalue weighted by molar-refractivity contribution is 9.10. The molecule has 4 rings (SSSR count). The van der Waals surface area contributed by atoms with Gasteiger partial charge in [-0.2, -0.15) is 9.78 Å². The van der Waals surface area contributed by atoms with Crippen LogP contribution in [0.25, 0.3) is 10.9 Å². The third-order valence-corrected chi connectivity index (χ3v) is 6.84. The maximum absolute atomic E-state index is 13.5. The second-order valence-corrected chi connectivity index (χ2v) is 9.85. The molecule has 0 unspecified atom stereocenters. The van der Waals surface area contributed by atoms with Gasteiger partial charge < -0.3 is 9.47 Å². The Hall–Kier alpha value is -2.63. The molecule has 6 nitrogen and oxygen atoms in total. The third-order valence-electron chi connectivity index (χ3n) is 5.76. The van der Waals surface area contributed by atoms with E-state index in [0.29, 0.717) is 39.3 Å². The Morgan fingerprint density at radius 2 is 2.00 bits per heavy atom. The molecule has 0 N–H and O–H groups in total. The van der Waals surface area contributed by atoms with Crippen molar-refractivity contribution in [3.05, 3.63) is 61.0 Å². The molecule has 1 fully saturated rings. The molecule has 176 valence electrons. The van der Waals surface area contributed by atoms with E-state index in [4.69, 9.17) is 20.9 Å². The summed E-state index contributed by atoms with van der Waals surface area (Å²) in [5.41, 5.74) is 1.26. The highest BCUT2D eigenvalue weighted by Gasteiger charge is 2.22. The van der Waals surface area contributed by atoms with E-state index in [1.54, 1.807) is 12.3 Å². The summed E-state index contributed by atoms with van der Waals surface area (Å²) in [5, 5.41) is 5.15. The van der Waals surface area contributed by atoms with Gasteiger partial charge in [0.05, 0.1) is 28.2 Å². The van der Waals surface area contributed by atoms with Crippen LogP contribution in [0.2, 0.25) is 0 Å². The molecule has 1 heterocycles. The second-order valence-electron chi connectivity index (χ2n) is 8.08. The van der Waals surface area contributed by atoms with Gasteiger partial charge in [0.25, 0.3) is 5.56 Å². The minimum atomic E-state index is -0.179. The molecule has 1 saturated carbocycles. The van der Waals surface area contributed by atoms with Gasteiger partial charge in [0, 0.05) is 10.4 Å². The van der Waals surface area contributed by atoms with Gasteiger partial charge in [-0.15, -0.1) is 6.42 Å². The average molecular weight is 587 g/mol. The maximum atomic E-state index is 13.5. The third kappa shape index (κ3) is 5.37. The normalized spacial score (nSPS) is 14.4. The van der Waals surface area contributed by atoms with Crippen LogP contribution in [0.4, 0.5) is 0 Å². The van der Waals surface area contributed by atoms with Crippen LogP contribution in [0.3, 0.4) is 0 Å². The Morgan fingerprint density at radius 1 is 1.21 bits per heavy atom. The van der Waals surface area contributed by atoms with Crippen molar-refractivity contribution in [1.29, 1.82) is 0 Å². The van der Waals surface area contributed by atoms with Gasteiger partial charge >= 0.3 is 0 Å². The van der Waals surface area contributed by atoms with Crippen molar-refractivity contribution in [2.75, 3.05) is 13.2 Å². The van der Waals surface area contributed by atoms with E-state index >= 15 is 0 Å². The zero-order chi connectivity index (χ0) is 24.1. The van der Waals surface area contributed by atoms with Gasteiger partial charge in [0.15, 0.2) is 11.5 Å². The zero-order valence-corrected chi connectivity index (χ0v) is 22.1. The fourth-order valence-corrected chi connectivity index (χ4v) is 5.14. The van der Waals surface area contributed by atoms with Gasteiger partial charge in [0.2, 0.25) is 0 Å². The Balaban J connectivity index is 1.80. The number of halogens is 2. The number of hydrogen-bond donors (Lipinski definition) is 0. The number of rotatable bonds is 7. The lowest BCUT2D eigenvalue weighted by Gasteiger charge is -2.22. The summed E-state index contributed by atoms with van der Waals surface area (Å²) in [7, 11) is 0. The van der Waals surface area contributed by atoms with Crippen LogP contribution < -0.4 is 15.0 Å². The van der Waals surface area contributed by atoms with Crippen molar-refractivity contribution >= 4 is 49.0 Å². The molecule has 3 aromatic rings. The summed E-state index contributed by atoms with van der Waals surface area (Å²) < 4.78 is 14.4. The first-order valence-corrected chi connectivity index (χ1v) is 12.9. The molecular formula is C26H25Br2N3O3. The first-order valence-electron chi connectivity index (χ1n) is 11.3. The highest BCUT2D eigenvalue weighted by atomic mass is 79.9. The van der Waals surface area contributed by atoms with Crippen LogP contribution in [0, 0.1) is 12.3 Å². The van der Waals surface area contributed by atoms with E-state index in [2.05, 4.69) is 42.9 Å². The topological polar surface area (TPSA) is 65.7 Å². The van der Waals surface area contributed by atoms with Crippen LogP contribution in [-0.2, 0) is 0 Å². The standard InChI is InChI=1S/C26H25Br2N3O3/c1-3-12-34-24-21(28)13-17(14-23(24)33-4-2)16-29-31-25(18-8-6-5-7-9-18)30-22-11-10-19(27)15-20(22)26(31)32/h1,10-11,13-16,18H,4-9,12H2,2H3. The first-order chi connectivity index (χ1) is 16.5. The molecule has 0 amide bonds. The molecule has 0 aliphatic heterocycles. The van der Waals surface area contributed by atoms with Crippen molar-refractivity contribution < 1.29 is 9.47 Å². The lowest BCUT2D eigenvalue weighted by atomic mass is 9.88. The molecule has 0 atom stereocenters. The summed E-state index contributed by atoms with van der Waals surface area (Å²) in [6, 6.07) is 9.25. The number of nitrogens with zero attached hydrogens (tertiary/aromatic N) is 3. The Labute approximate surface area is 215 Å². The summed E-state index contributed by atoms with van der Waals surface area (Å²) in [4.78, 5) is 18.4. The fourth-order valence-electron chi connectivity index (χ4n) is 4.21. The van der Waals surface area contributed by atoms with E-state index in [-0.39, 0.29) is 18.1 Å². The van der Waals surface area contributed by atoms with Gasteiger partial charge in [0.1, 0.15) is 12.4 Å². The van der Waals surface area contributed by atoms with Crippen LogP contribution in [0.5, 0.6) is 11.5 Å². The molecule has 0 spiro atoms. The van der Waals surface area contributed by atoms with Gasteiger partial charge in [-0.1, -0.05) is 41.1 Å². The van der Waals surface area contributed by atoms with Crippen molar-refractivity contribution in [3.63, 3.8) is 0 Å². The van der Waals surface area contributed by atoms with Crippen molar-refractivity contribution in [2.45, 2.75) is 44.9 Å². The second kappa shape index (κ2) is 11.2. The monoisotopic (exact) mass is 585 g/mol. The molecule has 1 aliphatic rings. The molecule has 0 bridgehead atoms. The number of benzene rings is 2.